The molecule has 2 heterocycles. The molecule has 2 aromatic rings. The molecular weight excluding hydrogens is 278 g/mol. The first-order valence-corrected chi connectivity index (χ1v) is 7.28. The standard InChI is InChI=1S/C12H17N5O2S/c1-4-5-9-13-12(16-15-9)20-8(3)11(18)14-10-6-7(2)17-19-10/h6,8H,4-5H2,1-3H3,(H,14,18)(H,13,15,16). The molecule has 0 radical (unpaired) electrons. The summed E-state index contributed by atoms with van der Waals surface area (Å²) in [6.45, 7) is 5.66. The third-order valence-electron chi connectivity index (χ3n) is 2.52. The lowest BCUT2D eigenvalue weighted by Crippen LogP contribution is -2.22. The lowest BCUT2D eigenvalue weighted by Gasteiger charge is -2.07. The van der Waals surface area contributed by atoms with Crippen molar-refractivity contribution in [2.24, 2.45) is 0 Å². The van der Waals surface area contributed by atoms with E-state index in [-0.39, 0.29) is 11.2 Å². The van der Waals surface area contributed by atoms with Gasteiger partial charge in [0.05, 0.1) is 10.9 Å². The summed E-state index contributed by atoms with van der Waals surface area (Å²) in [5, 5.41) is 13.6. The Bertz CT molecular complexity index is 580. The number of thioether (sulfide) groups is 1. The summed E-state index contributed by atoms with van der Waals surface area (Å²) < 4.78 is 4.94. The second-order valence-electron chi connectivity index (χ2n) is 4.40. The zero-order valence-electron chi connectivity index (χ0n) is 11.6. The number of aromatic amines is 1. The molecule has 1 atom stereocenters. The molecule has 2 rings (SSSR count). The van der Waals surface area contributed by atoms with Crippen molar-refractivity contribution >= 4 is 23.6 Å². The number of carbonyl (C=O) groups excluding carboxylic acids is 1. The maximum absolute atomic E-state index is 12.0. The Balaban J connectivity index is 1.89. The number of hydrogen-bond acceptors (Lipinski definition) is 6. The molecular formula is C12H17N5O2S. The fraction of sp³-hybridized carbons (Fsp3) is 0.500. The Morgan fingerprint density at radius 1 is 1.60 bits per heavy atom. The van der Waals surface area contributed by atoms with Gasteiger partial charge in [0.15, 0.2) is 0 Å². The predicted octanol–water partition coefficient (Wildman–Crippen LogP) is 2.17. The van der Waals surface area contributed by atoms with Crippen LogP contribution >= 0.6 is 11.8 Å². The fourth-order valence-corrected chi connectivity index (χ4v) is 2.28. The van der Waals surface area contributed by atoms with Crippen LogP contribution in [0.25, 0.3) is 0 Å². The van der Waals surface area contributed by atoms with Gasteiger partial charge in [-0.15, -0.1) is 5.10 Å². The van der Waals surface area contributed by atoms with Crippen LogP contribution in [0.5, 0.6) is 0 Å². The number of aryl methyl sites for hydroxylation is 2. The van der Waals surface area contributed by atoms with E-state index in [1.165, 1.54) is 11.8 Å². The van der Waals surface area contributed by atoms with Gasteiger partial charge < -0.3 is 4.52 Å². The van der Waals surface area contributed by atoms with E-state index in [4.69, 9.17) is 4.52 Å². The van der Waals surface area contributed by atoms with Crippen LogP contribution < -0.4 is 5.32 Å². The van der Waals surface area contributed by atoms with Crippen LogP contribution in [0.3, 0.4) is 0 Å². The Kier molecular flexibility index (Phi) is 4.78. The molecule has 0 bridgehead atoms. The number of amides is 1. The average molecular weight is 295 g/mol. The maximum atomic E-state index is 12.0. The first kappa shape index (κ1) is 14.6. The van der Waals surface area contributed by atoms with E-state index in [0.717, 1.165) is 24.4 Å². The molecule has 20 heavy (non-hydrogen) atoms. The molecule has 2 aromatic heterocycles. The van der Waals surface area contributed by atoms with Crippen molar-refractivity contribution in [3.63, 3.8) is 0 Å². The molecule has 0 spiro atoms. The number of H-pyrrole nitrogens is 1. The number of hydrogen-bond donors (Lipinski definition) is 2. The van der Waals surface area contributed by atoms with Gasteiger partial charge in [0.1, 0.15) is 5.82 Å². The Morgan fingerprint density at radius 2 is 2.40 bits per heavy atom. The van der Waals surface area contributed by atoms with Gasteiger partial charge in [-0.25, -0.2) is 4.98 Å². The van der Waals surface area contributed by atoms with Crippen molar-refractivity contribution in [3.05, 3.63) is 17.6 Å². The number of anilines is 1. The lowest BCUT2D eigenvalue weighted by atomic mass is 10.3. The van der Waals surface area contributed by atoms with Crippen LogP contribution in [0.4, 0.5) is 5.88 Å². The summed E-state index contributed by atoms with van der Waals surface area (Å²) in [6, 6.07) is 1.67. The minimum atomic E-state index is -0.328. The molecule has 0 aliphatic rings. The summed E-state index contributed by atoms with van der Waals surface area (Å²) in [4.78, 5) is 16.3. The second-order valence-corrected chi connectivity index (χ2v) is 5.70. The van der Waals surface area contributed by atoms with Crippen LogP contribution in [0.2, 0.25) is 0 Å². The van der Waals surface area contributed by atoms with Crippen molar-refractivity contribution in [2.45, 2.75) is 44.0 Å². The second kappa shape index (κ2) is 6.56. The molecule has 1 unspecified atom stereocenters. The highest BCUT2D eigenvalue weighted by atomic mass is 32.2. The van der Waals surface area contributed by atoms with Crippen molar-refractivity contribution in [3.8, 4) is 0 Å². The molecule has 0 saturated carbocycles. The summed E-state index contributed by atoms with van der Waals surface area (Å²) in [6.07, 6.45) is 1.85. The maximum Gasteiger partial charge on any atom is 0.240 e. The molecule has 0 aliphatic heterocycles. The van der Waals surface area contributed by atoms with E-state index in [1.807, 2.05) is 0 Å². The third kappa shape index (κ3) is 3.83. The number of carbonyl (C=O) groups is 1. The molecule has 8 heteroatoms. The monoisotopic (exact) mass is 295 g/mol. The normalized spacial score (nSPS) is 12.3. The minimum absolute atomic E-state index is 0.173. The van der Waals surface area contributed by atoms with E-state index in [9.17, 15) is 4.79 Å². The number of aromatic nitrogens is 4. The summed E-state index contributed by atoms with van der Waals surface area (Å²) >= 11 is 1.30. The summed E-state index contributed by atoms with van der Waals surface area (Å²) in [5.41, 5.74) is 0.721. The minimum Gasteiger partial charge on any atom is -0.338 e. The molecule has 7 nitrogen and oxygen atoms in total. The van der Waals surface area contributed by atoms with E-state index >= 15 is 0 Å². The molecule has 0 fully saturated rings. The molecule has 0 saturated heterocycles. The van der Waals surface area contributed by atoms with Crippen molar-refractivity contribution in [2.75, 3.05) is 5.32 Å². The van der Waals surface area contributed by atoms with Crippen LogP contribution in [-0.4, -0.2) is 31.5 Å². The van der Waals surface area contributed by atoms with E-state index in [2.05, 4.69) is 32.6 Å². The highest BCUT2D eigenvalue weighted by Gasteiger charge is 2.18. The van der Waals surface area contributed by atoms with Gasteiger partial charge in [-0.1, -0.05) is 23.8 Å². The molecule has 0 aliphatic carbocycles. The van der Waals surface area contributed by atoms with Gasteiger partial charge in [0.2, 0.25) is 16.9 Å². The first-order valence-electron chi connectivity index (χ1n) is 6.40. The first-order chi connectivity index (χ1) is 9.58. The van der Waals surface area contributed by atoms with Gasteiger partial charge in [-0.2, -0.15) is 0 Å². The van der Waals surface area contributed by atoms with Crippen LogP contribution in [0.1, 0.15) is 31.8 Å². The van der Waals surface area contributed by atoms with Gasteiger partial charge in [-0.05, 0) is 20.3 Å². The SMILES string of the molecule is CCCc1nc(SC(C)C(=O)Nc2cc(C)no2)n[nH]1. The number of rotatable bonds is 6. The summed E-state index contributed by atoms with van der Waals surface area (Å²) in [5.74, 6) is 1.02. The fourth-order valence-electron chi connectivity index (χ4n) is 1.54. The predicted molar refractivity (Wildman–Crippen MR) is 75.6 cm³/mol. The van der Waals surface area contributed by atoms with Gasteiger partial charge in [-0.3, -0.25) is 15.2 Å². The Morgan fingerprint density at radius 3 is 3.05 bits per heavy atom. The molecule has 0 aromatic carbocycles. The quantitative estimate of drug-likeness (QED) is 0.793. The summed E-state index contributed by atoms with van der Waals surface area (Å²) in [7, 11) is 0. The third-order valence-corrected chi connectivity index (χ3v) is 3.48. The van der Waals surface area contributed by atoms with Gasteiger partial charge in [0.25, 0.3) is 0 Å². The van der Waals surface area contributed by atoms with E-state index in [1.54, 1.807) is 19.9 Å². The average Bonchev–Trinajstić information content (AvgIpc) is 2.99. The largest absolute Gasteiger partial charge is 0.338 e. The van der Waals surface area contributed by atoms with E-state index < -0.39 is 0 Å². The van der Waals surface area contributed by atoms with Crippen LogP contribution in [-0.2, 0) is 11.2 Å². The number of nitrogens with zero attached hydrogens (tertiary/aromatic N) is 3. The Hall–Kier alpha value is -1.83. The van der Waals surface area contributed by atoms with Crippen molar-refractivity contribution in [1.82, 2.24) is 20.3 Å². The van der Waals surface area contributed by atoms with Gasteiger partial charge in [0, 0.05) is 12.5 Å². The van der Waals surface area contributed by atoms with Crippen molar-refractivity contribution < 1.29 is 9.32 Å². The topological polar surface area (TPSA) is 96.7 Å². The van der Waals surface area contributed by atoms with Crippen LogP contribution in [0.15, 0.2) is 15.7 Å². The molecule has 1 amide bonds. The van der Waals surface area contributed by atoms with E-state index in [0.29, 0.717) is 11.0 Å². The highest BCUT2D eigenvalue weighted by Crippen LogP contribution is 2.21. The van der Waals surface area contributed by atoms with Crippen molar-refractivity contribution in [1.29, 1.82) is 0 Å². The molecule has 2 N–H and O–H groups in total. The number of nitrogens with one attached hydrogen (secondary N) is 2. The Labute approximate surface area is 120 Å². The molecule has 108 valence electrons. The van der Waals surface area contributed by atoms with Crippen LogP contribution in [0, 0.1) is 6.92 Å². The lowest BCUT2D eigenvalue weighted by molar-refractivity contribution is -0.115. The smallest absolute Gasteiger partial charge is 0.240 e. The highest BCUT2D eigenvalue weighted by molar-refractivity contribution is 8.00. The zero-order valence-corrected chi connectivity index (χ0v) is 12.5. The van der Waals surface area contributed by atoms with Gasteiger partial charge >= 0.3 is 0 Å². The zero-order chi connectivity index (χ0) is 14.5.